The second-order valence-electron chi connectivity index (χ2n) is 5.07. The zero-order valence-electron chi connectivity index (χ0n) is 12.9. The van der Waals surface area contributed by atoms with Crippen LogP contribution in [0.2, 0.25) is 0 Å². The van der Waals surface area contributed by atoms with E-state index in [1.165, 1.54) is 0 Å². The third-order valence-corrected chi connectivity index (χ3v) is 3.83. The standard InChI is InChI=1S/C13H16F3N3O4S/c1-3-4-5-6-17-9-10(18(20)21)7(2)8(13(14,15)16)12(24)11(9)19(22)23/h17,24H,3-6H2,1-2H3. The first-order valence-corrected chi connectivity index (χ1v) is 7.48. The summed E-state index contributed by atoms with van der Waals surface area (Å²) in [4.78, 5) is 19.4. The van der Waals surface area contributed by atoms with Crippen molar-refractivity contribution in [3.63, 3.8) is 0 Å². The van der Waals surface area contributed by atoms with E-state index in [4.69, 9.17) is 0 Å². The van der Waals surface area contributed by atoms with Crippen molar-refractivity contribution in [2.24, 2.45) is 0 Å². The van der Waals surface area contributed by atoms with Gasteiger partial charge in [-0.2, -0.15) is 13.2 Å². The molecule has 1 aromatic rings. The van der Waals surface area contributed by atoms with E-state index in [1.807, 2.05) is 6.92 Å². The molecule has 0 saturated heterocycles. The molecule has 1 N–H and O–H groups in total. The predicted octanol–water partition coefficient (Wildman–Crippen LogP) is 4.72. The molecule has 0 aliphatic heterocycles. The number of alkyl halides is 3. The lowest BCUT2D eigenvalue weighted by Gasteiger charge is -2.17. The quantitative estimate of drug-likeness (QED) is 0.314. The molecule has 11 heteroatoms. The summed E-state index contributed by atoms with van der Waals surface area (Å²) in [7, 11) is 0. The maximum atomic E-state index is 13.2. The van der Waals surface area contributed by atoms with E-state index < -0.39 is 49.1 Å². The Kier molecular flexibility index (Phi) is 6.41. The minimum absolute atomic E-state index is 0.160. The fourth-order valence-corrected chi connectivity index (χ4v) is 2.83. The number of nitro benzene ring substituents is 2. The van der Waals surface area contributed by atoms with Crippen LogP contribution >= 0.6 is 12.6 Å². The summed E-state index contributed by atoms with van der Waals surface area (Å²) >= 11 is 3.64. The van der Waals surface area contributed by atoms with E-state index in [1.54, 1.807) is 0 Å². The highest BCUT2D eigenvalue weighted by Gasteiger charge is 2.44. The van der Waals surface area contributed by atoms with Crippen molar-refractivity contribution in [2.75, 3.05) is 11.9 Å². The molecular formula is C13H16F3N3O4S. The van der Waals surface area contributed by atoms with E-state index in [9.17, 15) is 33.4 Å². The third kappa shape index (κ3) is 4.08. The molecule has 0 unspecified atom stereocenters. The molecule has 1 aromatic carbocycles. The predicted molar refractivity (Wildman–Crippen MR) is 84.8 cm³/mol. The SMILES string of the molecule is CCCCCNc1c([N+](=O)[O-])c(C)c(C(F)(F)F)c(S)c1[N+](=O)[O-]. The van der Waals surface area contributed by atoms with E-state index in [-0.39, 0.29) is 6.54 Å². The summed E-state index contributed by atoms with van der Waals surface area (Å²) in [6.45, 7) is 2.98. The number of benzene rings is 1. The Labute approximate surface area is 140 Å². The highest BCUT2D eigenvalue weighted by atomic mass is 32.1. The van der Waals surface area contributed by atoms with Crippen LogP contribution in [-0.2, 0) is 6.18 Å². The highest BCUT2D eigenvalue weighted by Crippen LogP contribution is 2.49. The van der Waals surface area contributed by atoms with Crippen LogP contribution < -0.4 is 5.32 Å². The molecule has 134 valence electrons. The summed E-state index contributed by atoms with van der Waals surface area (Å²) in [6, 6.07) is 0. The Morgan fingerprint density at radius 1 is 1.12 bits per heavy atom. The van der Waals surface area contributed by atoms with Gasteiger partial charge in [0.05, 0.1) is 20.3 Å². The fourth-order valence-electron chi connectivity index (χ4n) is 2.34. The first-order chi connectivity index (χ1) is 11.0. The van der Waals surface area contributed by atoms with Gasteiger partial charge in [0.15, 0.2) is 5.69 Å². The molecule has 0 saturated carbocycles. The van der Waals surface area contributed by atoms with Gasteiger partial charge in [0, 0.05) is 12.1 Å². The summed E-state index contributed by atoms with van der Waals surface area (Å²) < 4.78 is 39.5. The Bertz CT molecular complexity index is 624. The van der Waals surface area contributed by atoms with Gasteiger partial charge >= 0.3 is 17.6 Å². The van der Waals surface area contributed by atoms with E-state index in [0.717, 1.165) is 19.8 Å². The monoisotopic (exact) mass is 367 g/mol. The van der Waals surface area contributed by atoms with Crippen LogP contribution in [0.5, 0.6) is 0 Å². The molecule has 1 rings (SSSR count). The molecule has 0 aliphatic carbocycles. The van der Waals surface area contributed by atoms with Gasteiger partial charge in [-0.25, -0.2) is 0 Å². The lowest BCUT2D eigenvalue weighted by atomic mass is 10.0. The average Bonchev–Trinajstić information content (AvgIpc) is 2.40. The number of anilines is 1. The Morgan fingerprint density at radius 2 is 1.67 bits per heavy atom. The first-order valence-electron chi connectivity index (χ1n) is 7.03. The van der Waals surface area contributed by atoms with Crippen LogP contribution in [0.15, 0.2) is 4.90 Å². The molecule has 0 aliphatic rings. The smallest absolute Gasteiger partial charge is 0.374 e. The number of halogens is 3. The van der Waals surface area contributed by atoms with E-state index in [2.05, 4.69) is 17.9 Å². The first kappa shape index (κ1) is 20.0. The fraction of sp³-hybridized carbons (Fsp3) is 0.538. The number of thiol groups is 1. The number of nitrogens with one attached hydrogen (secondary N) is 1. The maximum absolute atomic E-state index is 13.2. The minimum atomic E-state index is -5.00. The molecule has 0 aromatic heterocycles. The minimum Gasteiger partial charge on any atom is -0.374 e. The topological polar surface area (TPSA) is 98.3 Å². The second kappa shape index (κ2) is 7.69. The molecule has 7 nitrogen and oxygen atoms in total. The van der Waals surface area contributed by atoms with Crippen LogP contribution in [-0.4, -0.2) is 16.4 Å². The van der Waals surface area contributed by atoms with Crippen molar-refractivity contribution in [1.82, 2.24) is 0 Å². The van der Waals surface area contributed by atoms with Gasteiger partial charge in [0.1, 0.15) is 0 Å². The third-order valence-electron chi connectivity index (χ3n) is 3.40. The molecule has 0 spiro atoms. The van der Waals surface area contributed by atoms with Crippen LogP contribution in [0.25, 0.3) is 0 Å². The summed E-state index contributed by atoms with van der Waals surface area (Å²) in [5.41, 5.74) is -4.72. The van der Waals surface area contributed by atoms with E-state index in [0.29, 0.717) is 6.42 Å². The summed E-state index contributed by atoms with van der Waals surface area (Å²) in [6.07, 6.45) is -2.83. The zero-order chi connectivity index (χ0) is 18.7. The molecule has 0 amide bonds. The van der Waals surface area contributed by atoms with Gasteiger partial charge in [0.25, 0.3) is 0 Å². The van der Waals surface area contributed by atoms with Gasteiger partial charge in [-0.1, -0.05) is 19.8 Å². The van der Waals surface area contributed by atoms with Gasteiger partial charge in [-0.05, 0) is 13.3 Å². The van der Waals surface area contributed by atoms with Gasteiger partial charge in [-0.3, -0.25) is 20.2 Å². The molecule has 0 fully saturated rings. The largest absolute Gasteiger partial charge is 0.418 e. The Morgan fingerprint density at radius 3 is 2.08 bits per heavy atom. The number of nitrogens with zero attached hydrogens (tertiary/aromatic N) is 2. The van der Waals surface area contributed by atoms with E-state index >= 15 is 0 Å². The van der Waals surface area contributed by atoms with Crippen LogP contribution in [0.4, 0.5) is 30.2 Å². The number of hydrogen-bond donors (Lipinski definition) is 2. The van der Waals surface area contributed by atoms with Crippen molar-refractivity contribution in [3.05, 3.63) is 31.4 Å². The Hall–Kier alpha value is -2.04. The molecule has 0 radical (unpaired) electrons. The summed E-state index contributed by atoms with van der Waals surface area (Å²) in [5.74, 6) is 0. The number of unbranched alkanes of at least 4 members (excludes halogenated alkanes) is 2. The van der Waals surface area contributed by atoms with Crippen molar-refractivity contribution in [3.8, 4) is 0 Å². The summed E-state index contributed by atoms with van der Waals surface area (Å²) in [5, 5.41) is 25.0. The highest BCUT2D eigenvalue weighted by molar-refractivity contribution is 7.80. The van der Waals surface area contributed by atoms with Gasteiger partial charge < -0.3 is 5.32 Å². The van der Waals surface area contributed by atoms with Crippen LogP contribution in [0, 0.1) is 27.2 Å². The lowest BCUT2D eigenvalue weighted by Crippen LogP contribution is -2.15. The van der Waals surface area contributed by atoms with Crippen molar-refractivity contribution in [2.45, 2.75) is 44.2 Å². The number of hydrogen-bond acceptors (Lipinski definition) is 6. The normalized spacial score (nSPS) is 11.4. The average molecular weight is 367 g/mol. The maximum Gasteiger partial charge on any atom is 0.418 e. The number of nitro groups is 2. The molecule has 0 atom stereocenters. The molecular weight excluding hydrogens is 351 g/mol. The zero-order valence-corrected chi connectivity index (χ0v) is 13.8. The molecule has 24 heavy (non-hydrogen) atoms. The second-order valence-corrected chi connectivity index (χ2v) is 5.51. The van der Waals surface area contributed by atoms with Crippen LogP contribution in [0.3, 0.4) is 0 Å². The van der Waals surface area contributed by atoms with Crippen LogP contribution in [0.1, 0.15) is 37.3 Å². The van der Waals surface area contributed by atoms with Gasteiger partial charge in [-0.15, -0.1) is 12.6 Å². The number of rotatable bonds is 7. The Balaban J connectivity index is 3.66. The molecule has 0 heterocycles. The van der Waals surface area contributed by atoms with Crippen molar-refractivity contribution in [1.29, 1.82) is 0 Å². The molecule has 0 bridgehead atoms. The van der Waals surface area contributed by atoms with Crippen molar-refractivity contribution >= 4 is 29.7 Å². The van der Waals surface area contributed by atoms with Gasteiger partial charge in [0.2, 0.25) is 0 Å². The lowest BCUT2D eigenvalue weighted by molar-refractivity contribution is -0.395. The van der Waals surface area contributed by atoms with Crippen molar-refractivity contribution < 1.29 is 23.0 Å².